The first-order valence-electron chi connectivity index (χ1n) is 8.65. The lowest BCUT2D eigenvalue weighted by atomic mass is 10.00. The normalized spacial score (nSPS) is 27.2. The number of benzene rings is 1. The molecular weight excluding hydrogens is 322 g/mol. The summed E-state index contributed by atoms with van der Waals surface area (Å²) in [6, 6.07) is 6.07. The van der Waals surface area contributed by atoms with Gasteiger partial charge in [-0.2, -0.15) is 0 Å². The fraction of sp³-hybridized carbons (Fsp3) is 0.556. The minimum Gasteiger partial charge on any atom is -0.378 e. The van der Waals surface area contributed by atoms with E-state index in [2.05, 4.69) is 0 Å². The molecule has 7 heteroatoms. The Morgan fingerprint density at radius 1 is 1.08 bits per heavy atom. The topological polar surface area (TPSA) is 84.3 Å². The van der Waals surface area contributed by atoms with Gasteiger partial charge >= 0.3 is 0 Å². The van der Waals surface area contributed by atoms with Crippen molar-refractivity contribution in [3.8, 4) is 0 Å². The molecule has 2 N–H and O–H groups in total. The number of amides is 2. The predicted octanol–water partition coefficient (Wildman–Crippen LogP) is 0.335. The van der Waals surface area contributed by atoms with E-state index in [0.717, 1.165) is 13.0 Å². The Hall–Kier alpha value is -1.80. The molecule has 3 rings (SSSR count). The third-order valence-corrected chi connectivity index (χ3v) is 4.97. The zero-order chi connectivity index (χ0) is 18.1. The summed E-state index contributed by atoms with van der Waals surface area (Å²) in [6.07, 6.45) is -0.248. The number of rotatable bonds is 5. The highest BCUT2D eigenvalue weighted by atomic mass is 16.3. The molecule has 3 unspecified atom stereocenters. The lowest BCUT2D eigenvalue weighted by Gasteiger charge is -2.44. The first-order chi connectivity index (χ1) is 11.9. The average molecular weight is 347 g/mol. The Morgan fingerprint density at radius 2 is 1.68 bits per heavy atom. The van der Waals surface area contributed by atoms with E-state index in [1.54, 1.807) is 29.2 Å². The molecule has 1 aromatic rings. The molecule has 2 aliphatic rings. The van der Waals surface area contributed by atoms with Crippen LogP contribution in [0.15, 0.2) is 24.3 Å². The molecule has 0 aliphatic carbocycles. The van der Waals surface area contributed by atoms with Crippen LogP contribution in [0.2, 0.25) is 0 Å². The summed E-state index contributed by atoms with van der Waals surface area (Å²) in [7, 11) is 3.93. The second-order valence-corrected chi connectivity index (χ2v) is 6.96. The number of likely N-dealkylation sites (tertiary alicyclic amines) is 1. The van der Waals surface area contributed by atoms with Crippen LogP contribution in [0.25, 0.3) is 0 Å². The van der Waals surface area contributed by atoms with Crippen molar-refractivity contribution in [2.75, 3.05) is 27.2 Å². The molecule has 136 valence electrons. The van der Waals surface area contributed by atoms with Crippen molar-refractivity contribution in [2.24, 2.45) is 0 Å². The van der Waals surface area contributed by atoms with Crippen molar-refractivity contribution in [3.63, 3.8) is 0 Å². The van der Waals surface area contributed by atoms with Gasteiger partial charge in [-0.05, 0) is 52.0 Å². The van der Waals surface area contributed by atoms with Gasteiger partial charge in [0.1, 0.15) is 12.5 Å². The van der Waals surface area contributed by atoms with Crippen LogP contribution in [0.3, 0.4) is 0 Å². The van der Waals surface area contributed by atoms with E-state index in [1.807, 2.05) is 19.0 Å². The molecule has 1 aromatic carbocycles. The van der Waals surface area contributed by atoms with E-state index < -0.39 is 18.5 Å². The molecule has 2 amide bonds. The molecule has 0 spiro atoms. The molecule has 25 heavy (non-hydrogen) atoms. The summed E-state index contributed by atoms with van der Waals surface area (Å²) in [6.45, 7) is 1.33. The Kier molecular flexibility index (Phi) is 5.19. The minimum absolute atomic E-state index is 0.366. The summed E-state index contributed by atoms with van der Waals surface area (Å²) in [5, 5.41) is 21.0. The Balaban J connectivity index is 1.76. The monoisotopic (exact) mass is 347 g/mol. The SMILES string of the molecule is CN(C)CCCN1C(O)CCC(N2C(=O)c3ccccc3C2=O)C1O. The number of nitrogens with zero attached hydrogens (tertiary/aromatic N) is 3. The van der Waals surface area contributed by atoms with Crippen molar-refractivity contribution >= 4 is 11.8 Å². The molecule has 1 saturated heterocycles. The van der Waals surface area contributed by atoms with Crippen molar-refractivity contribution in [1.29, 1.82) is 0 Å². The molecule has 2 aliphatic heterocycles. The number of carbonyl (C=O) groups excluding carboxylic acids is 2. The number of hydrogen-bond donors (Lipinski definition) is 2. The number of carbonyl (C=O) groups is 2. The van der Waals surface area contributed by atoms with Crippen molar-refractivity contribution < 1.29 is 19.8 Å². The maximum atomic E-state index is 12.6. The second kappa shape index (κ2) is 7.21. The Bertz CT molecular complexity index is 628. The van der Waals surface area contributed by atoms with E-state index in [1.165, 1.54) is 4.90 Å². The standard InChI is InChI=1S/C18H25N3O4/c1-19(2)10-5-11-20-15(22)9-8-14(18(20)25)21-16(23)12-6-3-4-7-13(12)17(21)24/h3-4,6-7,14-15,18,22,25H,5,8-11H2,1-2H3. The zero-order valence-electron chi connectivity index (χ0n) is 14.6. The largest absolute Gasteiger partial charge is 0.378 e. The van der Waals surface area contributed by atoms with Crippen molar-refractivity contribution in [2.45, 2.75) is 37.8 Å². The van der Waals surface area contributed by atoms with E-state index >= 15 is 0 Å². The van der Waals surface area contributed by atoms with E-state index in [4.69, 9.17) is 0 Å². The van der Waals surface area contributed by atoms with Crippen LogP contribution >= 0.6 is 0 Å². The number of imide groups is 1. The van der Waals surface area contributed by atoms with Gasteiger partial charge in [0.15, 0.2) is 0 Å². The zero-order valence-corrected chi connectivity index (χ0v) is 14.6. The highest BCUT2D eigenvalue weighted by Crippen LogP contribution is 2.31. The van der Waals surface area contributed by atoms with Gasteiger partial charge in [-0.15, -0.1) is 0 Å². The van der Waals surface area contributed by atoms with Crippen LogP contribution in [0, 0.1) is 0 Å². The Labute approximate surface area is 147 Å². The van der Waals surface area contributed by atoms with Crippen molar-refractivity contribution in [3.05, 3.63) is 35.4 Å². The number of aliphatic hydroxyl groups excluding tert-OH is 2. The maximum absolute atomic E-state index is 12.6. The predicted molar refractivity (Wildman–Crippen MR) is 91.9 cm³/mol. The van der Waals surface area contributed by atoms with Gasteiger partial charge in [0, 0.05) is 6.54 Å². The third-order valence-electron chi connectivity index (χ3n) is 4.97. The fourth-order valence-corrected chi connectivity index (χ4v) is 3.65. The first-order valence-corrected chi connectivity index (χ1v) is 8.65. The van der Waals surface area contributed by atoms with Gasteiger partial charge in [0.2, 0.25) is 0 Å². The first kappa shape index (κ1) is 18.0. The van der Waals surface area contributed by atoms with Gasteiger partial charge in [-0.1, -0.05) is 12.1 Å². The molecule has 0 aromatic heterocycles. The van der Waals surface area contributed by atoms with Gasteiger partial charge < -0.3 is 15.1 Å². The Morgan fingerprint density at radius 3 is 2.24 bits per heavy atom. The van der Waals surface area contributed by atoms with E-state index in [9.17, 15) is 19.8 Å². The smallest absolute Gasteiger partial charge is 0.261 e. The number of aliphatic hydroxyl groups is 2. The van der Waals surface area contributed by atoms with E-state index in [0.29, 0.717) is 30.5 Å². The molecule has 3 atom stereocenters. The number of hydrogen-bond acceptors (Lipinski definition) is 6. The van der Waals surface area contributed by atoms with Crippen LogP contribution in [0.1, 0.15) is 40.0 Å². The average Bonchev–Trinajstić information content (AvgIpc) is 2.83. The molecule has 0 radical (unpaired) electrons. The van der Waals surface area contributed by atoms with Crippen molar-refractivity contribution in [1.82, 2.24) is 14.7 Å². The van der Waals surface area contributed by atoms with Crippen LogP contribution in [0.5, 0.6) is 0 Å². The fourth-order valence-electron chi connectivity index (χ4n) is 3.65. The van der Waals surface area contributed by atoms with Crippen LogP contribution in [-0.4, -0.2) is 82.4 Å². The van der Waals surface area contributed by atoms with Crippen LogP contribution in [0.4, 0.5) is 0 Å². The highest BCUT2D eigenvalue weighted by Gasteiger charge is 2.46. The minimum atomic E-state index is -1.06. The lowest BCUT2D eigenvalue weighted by molar-refractivity contribution is -0.155. The molecular formula is C18H25N3O4. The number of fused-ring (bicyclic) bond motifs is 1. The van der Waals surface area contributed by atoms with Crippen LogP contribution < -0.4 is 0 Å². The van der Waals surface area contributed by atoms with Gasteiger partial charge in [-0.25, -0.2) is 0 Å². The maximum Gasteiger partial charge on any atom is 0.261 e. The summed E-state index contributed by atoms with van der Waals surface area (Å²) < 4.78 is 0. The summed E-state index contributed by atoms with van der Waals surface area (Å²) >= 11 is 0. The second-order valence-electron chi connectivity index (χ2n) is 6.96. The molecule has 2 heterocycles. The van der Waals surface area contributed by atoms with Gasteiger partial charge in [0.25, 0.3) is 11.8 Å². The lowest BCUT2D eigenvalue weighted by Crippen LogP contribution is -2.60. The molecule has 1 fully saturated rings. The molecule has 0 bridgehead atoms. The van der Waals surface area contributed by atoms with Gasteiger partial charge in [-0.3, -0.25) is 19.4 Å². The van der Waals surface area contributed by atoms with Gasteiger partial charge in [0.05, 0.1) is 17.2 Å². The summed E-state index contributed by atoms with van der Waals surface area (Å²) in [4.78, 5) is 30.1. The third kappa shape index (κ3) is 3.32. The van der Waals surface area contributed by atoms with E-state index in [-0.39, 0.29) is 11.8 Å². The highest BCUT2D eigenvalue weighted by molar-refractivity contribution is 6.21. The quantitative estimate of drug-likeness (QED) is 0.747. The molecule has 7 nitrogen and oxygen atoms in total. The summed E-state index contributed by atoms with van der Waals surface area (Å²) in [5.41, 5.74) is 0.759. The number of piperidine rings is 1. The molecule has 0 saturated carbocycles. The summed E-state index contributed by atoms with van der Waals surface area (Å²) in [5.74, 6) is -0.733. The van der Waals surface area contributed by atoms with Crippen LogP contribution in [-0.2, 0) is 0 Å².